The molecule has 3 aromatic heterocycles. The number of hydrogen-bond acceptors (Lipinski definition) is 13. The number of anilines is 4. The normalized spacial score (nSPS) is 22.5. The van der Waals surface area contributed by atoms with Crippen molar-refractivity contribution in [3.8, 4) is 17.8 Å². The molecule has 2 atom stereocenters. The van der Waals surface area contributed by atoms with Gasteiger partial charge in [0.2, 0.25) is 17.8 Å². The summed E-state index contributed by atoms with van der Waals surface area (Å²) < 4.78 is 1.72. The number of pyridine rings is 1. The lowest BCUT2D eigenvalue weighted by Gasteiger charge is -2.37. The van der Waals surface area contributed by atoms with Crippen LogP contribution in [0.3, 0.4) is 0 Å². The second kappa shape index (κ2) is 16.0. The largest absolute Gasteiger partial charge is 0.369 e. The minimum atomic E-state index is -0.668. The number of carbonyl (C=O) groups excluding carboxylic acids is 2. The number of rotatable bonds is 11. The van der Waals surface area contributed by atoms with Gasteiger partial charge in [-0.3, -0.25) is 19.8 Å². The van der Waals surface area contributed by atoms with Gasteiger partial charge in [-0.05, 0) is 82.5 Å². The monoisotopic (exact) mass is 727 g/mol. The molecule has 2 saturated heterocycles. The van der Waals surface area contributed by atoms with Crippen LogP contribution in [0.5, 0.6) is 0 Å². The Hall–Kier alpha value is -5.93. The highest BCUT2D eigenvalue weighted by Gasteiger charge is 2.40. The van der Waals surface area contributed by atoms with Crippen LogP contribution in [0.2, 0.25) is 0 Å². The zero-order valence-electron chi connectivity index (χ0n) is 30.7. The van der Waals surface area contributed by atoms with Crippen LogP contribution in [0, 0.1) is 28.6 Å². The SMILES string of the molecule is C[C@H](C#N)Nc1cc(Nc2ncc(C#N)cn2)ncc1-n1cc(C2CCC(CCN3CCN(c4ccc([C@@]5(C)CCC(=O)NC5=O)cc4)CC3)CC2)nn1. The van der Waals surface area contributed by atoms with E-state index in [0.29, 0.717) is 53.4 Å². The van der Waals surface area contributed by atoms with Gasteiger partial charge in [0.1, 0.15) is 23.6 Å². The van der Waals surface area contributed by atoms with Crippen molar-refractivity contribution in [2.75, 3.05) is 48.3 Å². The molecule has 3 fully saturated rings. The van der Waals surface area contributed by atoms with Crippen LogP contribution >= 0.6 is 0 Å². The van der Waals surface area contributed by atoms with Gasteiger partial charge in [-0.25, -0.2) is 19.6 Å². The van der Waals surface area contributed by atoms with Crippen molar-refractivity contribution in [3.63, 3.8) is 0 Å². The summed E-state index contributed by atoms with van der Waals surface area (Å²) >= 11 is 0. The van der Waals surface area contributed by atoms with Crippen molar-refractivity contribution in [2.45, 2.75) is 76.2 Å². The maximum Gasteiger partial charge on any atom is 0.236 e. The first-order valence-electron chi connectivity index (χ1n) is 18.7. The highest BCUT2D eigenvalue weighted by molar-refractivity contribution is 6.03. The molecule has 3 N–H and O–H groups in total. The molecule has 1 saturated carbocycles. The Morgan fingerprint density at radius 2 is 1.74 bits per heavy atom. The lowest BCUT2D eigenvalue weighted by atomic mass is 9.75. The first-order chi connectivity index (χ1) is 26.2. The van der Waals surface area contributed by atoms with Gasteiger partial charge in [0.05, 0.1) is 53.2 Å². The number of imide groups is 1. The van der Waals surface area contributed by atoms with E-state index in [-0.39, 0.29) is 11.8 Å². The number of aromatic nitrogens is 6. The third-order valence-corrected chi connectivity index (χ3v) is 11.2. The molecule has 15 nitrogen and oxygen atoms in total. The Labute approximate surface area is 314 Å². The average Bonchev–Trinajstić information content (AvgIpc) is 3.70. The number of nitriles is 2. The van der Waals surface area contributed by atoms with Crippen LogP contribution in [0.15, 0.2) is 55.1 Å². The van der Waals surface area contributed by atoms with Gasteiger partial charge in [-0.1, -0.05) is 17.3 Å². The lowest BCUT2D eigenvalue weighted by molar-refractivity contribution is -0.137. The molecule has 1 aromatic carbocycles. The van der Waals surface area contributed by atoms with Crippen LogP contribution in [0.4, 0.5) is 23.1 Å². The molecule has 0 unspecified atom stereocenters. The fourth-order valence-electron chi connectivity index (χ4n) is 7.69. The Kier molecular flexibility index (Phi) is 10.8. The first-order valence-corrected chi connectivity index (χ1v) is 18.7. The standard InChI is InChI=1S/C39H45N13O2/c1-26(20-40)45-32-19-35(46-38-43-22-28(21-41)23-44-38)42-24-34(32)52-25-33(48-49-52)29-5-3-27(4-6-29)12-14-50-15-17-51(18-16-50)31-9-7-30(8-10-31)39(2)13-11-36(53)47-37(39)54/h7-10,19,22-27,29H,3-6,11-18H2,1-2H3,(H,47,53,54)(H2,42,43,44,45,46)/t26-,27?,29?,39-/m1/s1. The van der Waals surface area contributed by atoms with E-state index in [1.165, 1.54) is 37.3 Å². The molecule has 2 aliphatic heterocycles. The van der Waals surface area contributed by atoms with E-state index in [0.717, 1.165) is 56.8 Å². The van der Waals surface area contributed by atoms with E-state index in [1.807, 2.05) is 31.3 Å². The van der Waals surface area contributed by atoms with Crippen LogP contribution in [0.25, 0.3) is 5.69 Å². The lowest BCUT2D eigenvalue weighted by Crippen LogP contribution is -2.49. The Morgan fingerprint density at radius 1 is 1.00 bits per heavy atom. The van der Waals surface area contributed by atoms with Gasteiger partial charge < -0.3 is 15.5 Å². The van der Waals surface area contributed by atoms with Crippen molar-refractivity contribution in [3.05, 3.63) is 71.9 Å². The molecule has 15 heteroatoms. The molecular weight excluding hydrogens is 683 g/mol. The van der Waals surface area contributed by atoms with E-state index < -0.39 is 11.5 Å². The topological polar surface area (TPSA) is 194 Å². The van der Waals surface area contributed by atoms with Crippen LogP contribution < -0.4 is 20.9 Å². The van der Waals surface area contributed by atoms with E-state index in [2.05, 4.69) is 69.2 Å². The second-order valence-corrected chi connectivity index (χ2v) is 14.8. The smallest absolute Gasteiger partial charge is 0.236 e. The van der Waals surface area contributed by atoms with E-state index in [9.17, 15) is 14.9 Å². The van der Waals surface area contributed by atoms with Crippen molar-refractivity contribution in [1.82, 2.24) is 40.2 Å². The minimum Gasteiger partial charge on any atom is -0.369 e. The summed E-state index contributed by atoms with van der Waals surface area (Å²) in [5.41, 5.74) is 4.13. The van der Waals surface area contributed by atoms with Gasteiger partial charge in [0.25, 0.3) is 0 Å². The van der Waals surface area contributed by atoms with Crippen molar-refractivity contribution >= 4 is 35.0 Å². The van der Waals surface area contributed by atoms with Gasteiger partial charge in [0, 0.05) is 50.3 Å². The summed E-state index contributed by atoms with van der Waals surface area (Å²) in [5, 5.41) is 36.3. The van der Waals surface area contributed by atoms with Gasteiger partial charge in [0.15, 0.2) is 0 Å². The summed E-state index contributed by atoms with van der Waals surface area (Å²) in [5.74, 6) is 1.42. The molecule has 0 radical (unpaired) electrons. The summed E-state index contributed by atoms with van der Waals surface area (Å²) in [6, 6.07) is 13.9. The zero-order valence-corrected chi connectivity index (χ0v) is 30.7. The molecule has 0 bridgehead atoms. The number of amides is 2. The fraction of sp³-hybridized carbons (Fsp3) is 0.462. The maximum atomic E-state index is 12.6. The highest BCUT2D eigenvalue weighted by Crippen LogP contribution is 2.37. The Balaban J connectivity index is 0.884. The number of piperidine rings is 1. The van der Waals surface area contributed by atoms with E-state index >= 15 is 0 Å². The van der Waals surface area contributed by atoms with Crippen molar-refractivity contribution in [2.24, 2.45) is 5.92 Å². The zero-order chi connectivity index (χ0) is 37.7. The number of hydrogen-bond donors (Lipinski definition) is 3. The predicted octanol–water partition coefficient (Wildman–Crippen LogP) is 4.57. The molecule has 4 aromatic rings. The van der Waals surface area contributed by atoms with Crippen LogP contribution in [0.1, 0.15) is 81.5 Å². The first kappa shape index (κ1) is 36.4. The van der Waals surface area contributed by atoms with Crippen LogP contribution in [-0.4, -0.2) is 85.4 Å². The number of benzene rings is 1. The molecule has 278 valence electrons. The molecule has 7 rings (SSSR count). The third kappa shape index (κ3) is 8.16. The average molecular weight is 728 g/mol. The number of nitrogens with one attached hydrogen (secondary N) is 3. The fourth-order valence-corrected chi connectivity index (χ4v) is 7.69. The molecule has 1 aliphatic carbocycles. The summed E-state index contributed by atoms with van der Waals surface area (Å²) in [6.07, 6.45) is 13.1. The quantitative estimate of drug-likeness (QED) is 0.182. The Bertz CT molecular complexity index is 2040. The highest BCUT2D eigenvalue weighted by atomic mass is 16.2. The molecule has 2 amide bonds. The number of piperazine rings is 1. The summed E-state index contributed by atoms with van der Waals surface area (Å²) in [7, 11) is 0. The number of carbonyl (C=O) groups is 2. The van der Waals surface area contributed by atoms with E-state index in [4.69, 9.17) is 5.26 Å². The molecule has 54 heavy (non-hydrogen) atoms. The van der Waals surface area contributed by atoms with Crippen molar-refractivity contribution in [1.29, 1.82) is 10.5 Å². The van der Waals surface area contributed by atoms with Crippen LogP contribution in [-0.2, 0) is 15.0 Å². The Morgan fingerprint density at radius 3 is 2.43 bits per heavy atom. The summed E-state index contributed by atoms with van der Waals surface area (Å²) in [4.78, 5) is 42.1. The predicted molar refractivity (Wildman–Crippen MR) is 202 cm³/mol. The van der Waals surface area contributed by atoms with Gasteiger partial charge >= 0.3 is 0 Å². The maximum absolute atomic E-state index is 12.6. The van der Waals surface area contributed by atoms with E-state index in [1.54, 1.807) is 23.9 Å². The minimum absolute atomic E-state index is 0.192. The third-order valence-electron chi connectivity index (χ3n) is 11.2. The second-order valence-electron chi connectivity index (χ2n) is 14.8. The molecule has 0 spiro atoms. The van der Waals surface area contributed by atoms with Gasteiger partial charge in [-0.15, -0.1) is 5.10 Å². The number of nitrogens with zero attached hydrogens (tertiary/aromatic N) is 10. The molecule has 3 aliphatic rings. The summed E-state index contributed by atoms with van der Waals surface area (Å²) in [6.45, 7) is 8.81. The van der Waals surface area contributed by atoms with Gasteiger partial charge in [-0.2, -0.15) is 10.5 Å². The molecule has 5 heterocycles. The van der Waals surface area contributed by atoms with Crippen molar-refractivity contribution < 1.29 is 9.59 Å². The molecular formula is C39H45N13O2.